The highest BCUT2D eigenvalue weighted by Crippen LogP contribution is 2.15. The summed E-state index contributed by atoms with van der Waals surface area (Å²) in [7, 11) is 1.80. The second kappa shape index (κ2) is 11.9. The molecule has 1 aromatic heterocycles. The highest BCUT2D eigenvalue weighted by atomic mass is 32.1. The Balaban J connectivity index is 1.40. The molecule has 0 aliphatic carbocycles. The Morgan fingerprint density at radius 1 is 1.28 bits per heavy atom. The van der Waals surface area contributed by atoms with Crippen LogP contribution in [0, 0.1) is 0 Å². The SMILES string of the molecule is CCc1cnc(CCNC(=NC)NCc2cccc(COC3CCOCC3)c2)s1. The zero-order valence-corrected chi connectivity index (χ0v) is 18.3. The monoisotopic (exact) mass is 416 g/mol. The molecule has 2 N–H and O–H groups in total. The minimum Gasteiger partial charge on any atom is -0.381 e. The van der Waals surface area contributed by atoms with Crippen LogP contribution in [0.4, 0.5) is 0 Å². The molecule has 0 amide bonds. The third kappa shape index (κ3) is 7.42. The molecule has 1 aromatic carbocycles. The van der Waals surface area contributed by atoms with Crippen molar-refractivity contribution in [2.75, 3.05) is 26.8 Å². The van der Waals surface area contributed by atoms with Crippen molar-refractivity contribution in [3.8, 4) is 0 Å². The summed E-state index contributed by atoms with van der Waals surface area (Å²) in [6.07, 6.45) is 6.23. The first-order valence-electron chi connectivity index (χ1n) is 10.4. The molecule has 0 unspecified atom stereocenters. The second-order valence-corrected chi connectivity index (χ2v) is 8.32. The molecule has 1 fully saturated rings. The Morgan fingerprint density at radius 3 is 2.86 bits per heavy atom. The average Bonchev–Trinajstić information content (AvgIpc) is 3.24. The van der Waals surface area contributed by atoms with Crippen LogP contribution in [0.5, 0.6) is 0 Å². The van der Waals surface area contributed by atoms with Crippen LogP contribution in [0.15, 0.2) is 35.5 Å². The fourth-order valence-corrected chi connectivity index (χ4v) is 4.07. The summed E-state index contributed by atoms with van der Waals surface area (Å²) in [5.41, 5.74) is 2.42. The molecule has 0 spiro atoms. The van der Waals surface area contributed by atoms with Crippen LogP contribution in [0.2, 0.25) is 0 Å². The number of aliphatic imine (C=N–C) groups is 1. The number of benzene rings is 1. The van der Waals surface area contributed by atoms with Gasteiger partial charge in [0.25, 0.3) is 0 Å². The summed E-state index contributed by atoms with van der Waals surface area (Å²) in [6, 6.07) is 8.53. The normalized spacial score (nSPS) is 15.4. The predicted octanol–water partition coefficient (Wildman–Crippen LogP) is 3.31. The minimum atomic E-state index is 0.319. The van der Waals surface area contributed by atoms with Gasteiger partial charge in [0.2, 0.25) is 0 Å². The van der Waals surface area contributed by atoms with Crippen molar-refractivity contribution in [3.05, 3.63) is 51.5 Å². The average molecular weight is 417 g/mol. The lowest BCUT2D eigenvalue weighted by molar-refractivity contribution is -0.0390. The van der Waals surface area contributed by atoms with Crippen molar-refractivity contribution < 1.29 is 9.47 Å². The smallest absolute Gasteiger partial charge is 0.191 e. The Bertz CT molecular complexity index is 772. The number of hydrogen-bond donors (Lipinski definition) is 2. The van der Waals surface area contributed by atoms with Crippen LogP contribution in [0.25, 0.3) is 0 Å². The standard InChI is InChI=1S/C22H32N4O2S/c1-3-20-15-25-21(29-20)7-10-24-22(23-2)26-14-17-5-4-6-18(13-17)16-28-19-8-11-27-12-9-19/h4-6,13,15,19H,3,7-12,14,16H2,1-2H3,(H2,23,24,26). The molecule has 3 rings (SSSR count). The van der Waals surface area contributed by atoms with Crippen LogP contribution >= 0.6 is 11.3 Å². The van der Waals surface area contributed by atoms with Crippen LogP contribution in [-0.4, -0.2) is 43.9 Å². The van der Waals surface area contributed by atoms with Crippen molar-refractivity contribution >= 4 is 17.3 Å². The lowest BCUT2D eigenvalue weighted by atomic mass is 10.1. The summed E-state index contributed by atoms with van der Waals surface area (Å²) >= 11 is 1.79. The van der Waals surface area contributed by atoms with Crippen molar-refractivity contribution in [2.45, 2.75) is 51.9 Å². The Kier molecular flexibility index (Phi) is 8.92. The Morgan fingerprint density at radius 2 is 2.10 bits per heavy atom. The van der Waals surface area contributed by atoms with E-state index in [1.165, 1.54) is 21.0 Å². The molecule has 29 heavy (non-hydrogen) atoms. The van der Waals surface area contributed by atoms with Gasteiger partial charge >= 0.3 is 0 Å². The summed E-state index contributed by atoms with van der Waals surface area (Å²) in [5.74, 6) is 0.807. The third-order valence-corrected chi connectivity index (χ3v) is 6.11. The fraction of sp³-hybridized carbons (Fsp3) is 0.545. The molecule has 0 bridgehead atoms. The maximum Gasteiger partial charge on any atom is 0.191 e. The number of ether oxygens (including phenoxy) is 2. The Hall–Kier alpha value is -1.96. The van der Waals surface area contributed by atoms with E-state index in [0.717, 1.165) is 57.9 Å². The zero-order valence-electron chi connectivity index (χ0n) is 17.4. The maximum absolute atomic E-state index is 6.03. The van der Waals surface area contributed by atoms with Gasteiger partial charge in [-0.15, -0.1) is 11.3 Å². The lowest BCUT2D eigenvalue weighted by Gasteiger charge is -2.22. The minimum absolute atomic E-state index is 0.319. The number of rotatable bonds is 9. The van der Waals surface area contributed by atoms with Gasteiger partial charge in [0.15, 0.2) is 5.96 Å². The van der Waals surface area contributed by atoms with E-state index in [9.17, 15) is 0 Å². The first-order chi connectivity index (χ1) is 14.3. The van der Waals surface area contributed by atoms with Crippen LogP contribution in [0.3, 0.4) is 0 Å². The molecule has 2 aromatic rings. The van der Waals surface area contributed by atoms with Gasteiger partial charge in [0, 0.05) is 50.8 Å². The second-order valence-electron chi connectivity index (χ2n) is 7.12. The van der Waals surface area contributed by atoms with Crippen molar-refractivity contribution in [2.24, 2.45) is 4.99 Å². The fourth-order valence-electron chi connectivity index (χ4n) is 3.21. The van der Waals surface area contributed by atoms with Gasteiger partial charge in [-0.05, 0) is 30.4 Å². The number of nitrogens with one attached hydrogen (secondary N) is 2. The largest absolute Gasteiger partial charge is 0.381 e. The molecule has 1 aliphatic heterocycles. The van der Waals surface area contributed by atoms with E-state index in [0.29, 0.717) is 12.7 Å². The number of aromatic nitrogens is 1. The predicted molar refractivity (Wildman–Crippen MR) is 118 cm³/mol. The van der Waals surface area contributed by atoms with E-state index in [-0.39, 0.29) is 0 Å². The van der Waals surface area contributed by atoms with Crippen molar-refractivity contribution in [1.29, 1.82) is 0 Å². The van der Waals surface area contributed by atoms with E-state index in [4.69, 9.17) is 9.47 Å². The van der Waals surface area contributed by atoms with Crippen LogP contribution < -0.4 is 10.6 Å². The summed E-state index contributed by atoms with van der Waals surface area (Å²) in [5, 5.41) is 7.92. The number of hydrogen-bond acceptors (Lipinski definition) is 5. The van der Waals surface area contributed by atoms with Gasteiger partial charge < -0.3 is 20.1 Å². The van der Waals surface area contributed by atoms with Crippen molar-refractivity contribution in [3.63, 3.8) is 0 Å². The molecular weight excluding hydrogens is 384 g/mol. The van der Waals surface area contributed by atoms with E-state index in [2.05, 4.69) is 51.8 Å². The van der Waals surface area contributed by atoms with E-state index >= 15 is 0 Å². The molecular formula is C22H32N4O2S. The molecule has 2 heterocycles. The summed E-state index contributed by atoms with van der Waals surface area (Å²) < 4.78 is 11.4. The zero-order chi connectivity index (χ0) is 20.3. The molecule has 0 radical (unpaired) electrons. The van der Waals surface area contributed by atoms with Gasteiger partial charge in [0.1, 0.15) is 0 Å². The quantitative estimate of drug-likeness (QED) is 0.485. The first kappa shape index (κ1) is 21.7. The number of aryl methyl sites for hydroxylation is 1. The Labute approximate surface area is 177 Å². The van der Waals surface area contributed by atoms with Gasteiger partial charge in [-0.1, -0.05) is 31.2 Å². The molecule has 0 saturated carbocycles. The maximum atomic E-state index is 6.03. The van der Waals surface area contributed by atoms with E-state index in [1.54, 1.807) is 18.4 Å². The summed E-state index contributed by atoms with van der Waals surface area (Å²) in [6.45, 7) is 5.97. The van der Waals surface area contributed by atoms with Crippen LogP contribution in [0.1, 0.15) is 40.8 Å². The molecule has 1 saturated heterocycles. The number of thiazole rings is 1. The molecule has 1 aliphatic rings. The highest BCUT2D eigenvalue weighted by molar-refractivity contribution is 7.11. The topological polar surface area (TPSA) is 67.8 Å². The number of guanidine groups is 1. The van der Waals surface area contributed by atoms with Crippen molar-refractivity contribution in [1.82, 2.24) is 15.6 Å². The van der Waals surface area contributed by atoms with Gasteiger partial charge in [-0.2, -0.15) is 0 Å². The van der Waals surface area contributed by atoms with E-state index in [1.807, 2.05) is 6.20 Å². The molecule has 7 heteroatoms. The van der Waals surface area contributed by atoms with Gasteiger partial charge in [0.05, 0.1) is 17.7 Å². The lowest BCUT2D eigenvalue weighted by Crippen LogP contribution is -2.37. The highest BCUT2D eigenvalue weighted by Gasteiger charge is 2.14. The third-order valence-electron chi connectivity index (χ3n) is 4.91. The first-order valence-corrected chi connectivity index (χ1v) is 11.2. The molecule has 6 nitrogen and oxygen atoms in total. The van der Waals surface area contributed by atoms with E-state index < -0.39 is 0 Å². The van der Waals surface area contributed by atoms with Gasteiger partial charge in [-0.3, -0.25) is 4.99 Å². The molecule has 0 atom stereocenters. The summed E-state index contributed by atoms with van der Waals surface area (Å²) in [4.78, 5) is 10.1. The molecule has 158 valence electrons. The van der Waals surface area contributed by atoms with Gasteiger partial charge in [-0.25, -0.2) is 4.98 Å². The number of nitrogens with zero attached hydrogens (tertiary/aromatic N) is 2. The van der Waals surface area contributed by atoms with Crippen LogP contribution in [-0.2, 0) is 35.5 Å².